The van der Waals surface area contributed by atoms with E-state index in [1.54, 1.807) is 24.3 Å². The van der Waals surface area contributed by atoms with E-state index in [1.807, 2.05) is 0 Å². The van der Waals surface area contributed by atoms with E-state index in [1.165, 1.54) is 22.3 Å². The number of hydrogen-bond acceptors (Lipinski definition) is 6. The highest BCUT2D eigenvalue weighted by Crippen LogP contribution is 2.19. The maximum Gasteiger partial charge on any atom is 0.119 e. The molecular weight excluding hydrogens is 428 g/mol. The van der Waals surface area contributed by atoms with Crippen LogP contribution in [0.1, 0.15) is 22.3 Å². The molecule has 0 fully saturated rings. The van der Waals surface area contributed by atoms with E-state index >= 15 is 0 Å². The summed E-state index contributed by atoms with van der Waals surface area (Å²) in [6.07, 6.45) is -1.28. The Labute approximate surface area is 202 Å². The lowest BCUT2D eigenvalue weighted by molar-refractivity contribution is 0.115. The van der Waals surface area contributed by atoms with Crippen molar-refractivity contribution >= 4 is 11.4 Å². The van der Waals surface area contributed by atoms with E-state index in [0.29, 0.717) is 24.6 Å². The van der Waals surface area contributed by atoms with Crippen molar-refractivity contribution in [3.8, 4) is 11.5 Å². The zero-order valence-electron chi connectivity index (χ0n) is 20.5. The van der Waals surface area contributed by atoms with E-state index in [4.69, 9.17) is 9.47 Å². The quantitative estimate of drug-likeness (QED) is 0.313. The monoisotopic (exact) mass is 464 g/mol. The molecular formula is C28H36N2O4. The first kappa shape index (κ1) is 25.4. The molecule has 0 saturated heterocycles. The van der Waals surface area contributed by atoms with Crippen molar-refractivity contribution in [3.63, 3.8) is 0 Å². The summed E-state index contributed by atoms with van der Waals surface area (Å²) < 4.78 is 11.4. The third-order valence-corrected chi connectivity index (χ3v) is 5.24. The van der Waals surface area contributed by atoms with Crippen LogP contribution < -0.4 is 20.1 Å². The molecule has 0 heterocycles. The highest BCUT2D eigenvalue weighted by Gasteiger charge is 2.08. The third-order valence-electron chi connectivity index (χ3n) is 5.24. The molecule has 0 radical (unpaired) electrons. The van der Waals surface area contributed by atoms with Crippen molar-refractivity contribution in [2.75, 3.05) is 36.9 Å². The summed E-state index contributed by atoms with van der Waals surface area (Å²) >= 11 is 0. The van der Waals surface area contributed by atoms with Gasteiger partial charge >= 0.3 is 0 Å². The molecule has 2 atom stereocenters. The number of rotatable bonds is 12. The average Bonchev–Trinajstić information content (AvgIpc) is 2.78. The molecule has 0 bridgehead atoms. The molecule has 182 valence electrons. The molecule has 0 aliphatic carbocycles. The molecule has 0 saturated carbocycles. The molecule has 34 heavy (non-hydrogen) atoms. The Balaban J connectivity index is 1.36. The molecule has 0 aromatic heterocycles. The van der Waals surface area contributed by atoms with Crippen molar-refractivity contribution in [1.82, 2.24) is 0 Å². The number of benzene rings is 3. The van der Waals surface area contributed by atoms with Crippen molar-refractivity contribution in [1.29, 1.82) is 0 Å². The first-order chi connectivity index (χ1) is 16.3. The Kier molecular flexibility index (Phi) is 9.19. The lowest BCUT2D eigenvalue weighted by Crippen LogP contribution is -2.26. The fourth-order valence-corrected chi connectivity index (χ4v) is 3.76. The Morgan fingerprint density at radius 2 is 0.912 bits per heavy atom. The zero-order chi connectivity index (χ0) is 24.5. The molecule has 0 aliphatic heterocycles. The second-order valence-electron chi connectivity index (χ2n) is 8.92. The van der Waals surface area contributed by atoms with Crippen LogP contribution in [0, 0.1) is 27.7 Å². The Morgan fingerprint density at radius 3 is 1.24 bits per heavy atom. The number of hydrogen-bond donors (Lipinski definition) is 4. The Hall–Kier alpha value is -3.22. The van der Waals surface area contributed by atoms with Crippen LogP contribution >= 0.6 is 0 Å². The van der Waals surface area contributed by atoms with Crippen LogP contribution in [0.5, 0.6) is 11.5 Å². The highest BCUT2D eigenvalue weighted by atomic mass is 16.5. The molecule has 0 amide bonds. The average molecular weight is 465 g/mol. The minimum Gasteiger partial charge on any atom is -0.491 e. The van der Waals surface area contributed by atoms with Gasteiger partial charge in [-0.05, 0) is 98.5 Å². The summed E-state index contributed by atoms with van der Waals surface area (Å²) in [5.41, 5.74) is 6.71. The maximum atomic E-state index is 10.2. The molecule has 3 aromatic rings. The topological polar surface area (TPSA) is 83.0 Å². The SMILES string of the molecule is Cc1cc(C)cc(NC[C@H](O)COc2ccc(OC[C@@H](O)CNc3cc(C)cc(C)c3)cc2)c1. The number of aryl methyl sites for hydroxylation is 4. The normalized spacial score (nSPS) is 12.6. The summed E-state index contributed by atoms with van der Waals surface area (Å²) in [5.74, 6) is 1.30. The lowest BCUT2D eigenvalue weighted by atomic mass is 10.1. The summed E-state index contributed by atoms with van der Waals surface area (Å²) in [6.45, 7) is 9.37. The van der Waals surface area contributed by atoms with Gasteiger partial charge in [-0.3, -0.25) is 0 Å². The first-order valence-electron chi connectivity index (χ1n) is 11.6. The van der Waals surface area contributed by atoms with Gasteiger partial charge < -0.3 is 30.3 Å². The van der Waals surface area contributed by atoms with Crippen LogP contribution in [-0.2, 0) is 0 Å². The van der Waals surface area contributed by atoms with Crippen molar-refractivity contribution < 1.29 is 19.7 Å². The van der Waals surface area contributed by atoms with E-state index < -0.39 is 12.2 Å². The van der Waals surface area contributed by atoms with Crippen LogP contribution in [0.3, 0.4) is 0 Å². The van der Waals surface area contributed by atoms with Crippen LogP contribution in [0.25, 0.3) is 0 Å². The van der Waals surface area contributed by atoms with E-state index in [2.05, 4.69) is 74.7 Å². The van der Waals surface area contributed by atoms with Crippen LogP contribution in [0.2, 0.25) is 0 Å². The number of nitrogens with one attached hydrogen (secondary N) is 2. The number of anilines is 2. The maximum absolute atomic E-state index is 10.2. The largest absolute Gasteiger partial charge is 0.491 e. The van der Waals surface area contributed by atoms with Gasteiger partial charge in [-0.1, -0.05) is 12.1 Å². The van der Waals surface area contributed by atoms with Gasteiger partial charge in [0, 0.05) is 24.5 Å². The third kappa shape index (κ3) is 8.61. The molecule has 3 aromatic carbocycles. The van der Waals surface area contributed by atoms with Crippen LogP contribution in [0.4, 0.5) is 11.4 Å². The molecule has 0 aliphatic rings. The molecule has 0 unspecified atom stereocenters. The van der Waals surface area contributed by atoms with E-state index in [0.717, 1.165) is 11.4 Å². The van der Waals surface area contributed by atoms with E-state index in [9.17, 15) is 10.2 Å². The van der Waals surface area contributed by atoms with Crippen molar-refractivity contribution in [2.24, 2.45) is 0 Å². The van der Waals surface area contributed by atoms with Crippen molar-refractivity contribution in [2.45, 2.75) is 39.9 Å². The van der Waals surface area contributed by atoms with Gasteiger partial charge in [-0.25, -0.2) is 0 Å². The second kappa shape index (κ2) is 12.3. The van der Waals surface area contributed by atoms with Crippen LogP contribution in [0.15, 0.2) is 60.7 Å². The van der Waals surface area contributed by atoms with Crippen LogP contribution in [-0.4, -0.2) is 48.7 Å². The van der Waals surface area contributed by atoms with Gasteiger partial charge in [0.25, 0.3) is 0 Å². The number of ether oxygens (including phenoxy) is 2. The van der Waals surface area contributed by atoms with Gasteiger partial charge in [-0.2, -0.15) is 0 Å². The lowest BCUT2D eigenvalue weighted by Gasteiger charge is -2.16. The van der Waals surface area contributed by atoms with Gasteiger partial charge in [0.15, 0.2) is 0 Å². The highest BCUT2D eigenvalue weighted by molar-refractivity contribution is 5.49. The number of aliphatic hydroxyl groups is 2. The molecule has 4 N–H and O–H groups in total. The standard InChI is InChI=1S/C28H36N2O4/c1-19-9-20(2)12-23(11-19)29-15-25(31)17-33-27-5-7-28(8-6-27)34-18-26(32)16-30-24-13-21(3)10-22(4)14-24/h5-14,25-26,29-32H,15-18H2,1-4H3/t25-,26-/m0/s1. The van der Waals surface area contributed by atoms with Gasteiger partial charge in [0.2, 0.25) is 0 Å². The fraction of sp³-hybridized carbons (Fsp3) is 0.357. The summed E-state index contributed by atoms with van der Waals surface area (Å²) in [7, 11) is 0. The Bertz CT molecular complexity index is 928. The molecule has 3 rings (SSSR count). The summed E-state index contributed by atoms with van der Waals surface area (Å²) in [5, 5.41) is 26.9. The van der Waals surface area contributed by atoms with E-state index in [-0.39, 0.29) is 13.2 Å². The number of aliphatic hydroxyl groups excluding tert-OH is 2. The zero-order valence-corrected chi connectivity index (χ0v) is 20.5. The fourth-order valence-electron chi connectivity index (χ4n) is 3.76. The summed E-state index contributed by atoms with van der Waals surface area (Å²) in [4.78, 5) is 0. The van der Waals surface area contributed by atoms with Crippen molar-refractivity contribution in [3.05, 3.63) is 82.9 Å². The molecule has 6 nitrogen and oxygen atoms in total. The van der Waals surface area contributed by atoms with Gasteiger partial charge in [-0.15, -0.1) is 0 Å². The second-order valence-corrected chi connectivity index (χ2v) is 8.92. The first-order valence-corrected chi connectivity index (χ1v) is 11.6. The van der Waals surface area contributed by atoms with Gasteiger partial charge in [0.05, 0.1) is 0 Å². The summed E-state index contributed by atoms with van der Waals surface area (Å²) in [6, 6.07) is 19.6. The molecule has 6 heteroatoms. The smallest absolute Gasteiger partial charge is 0.119 e. The minimum atomic E-state index is -0.642. The minimum absolute atomic E-state index is 0.181. The molecule has 0 spiro atoms. The van der Waals surface area contributed by atoms with Gasteiger partial charge in [0.1, 0.15) is 36.9 Å². The predicted molar refractivity (Wildman–Crippen MR) is 138 cm³/mol. The Morgan fingerprint density at radius 1 is 0.588 bits per heavy atom. The predicted octanol–water partition coefficient (Wildman–Crippen LogP) is 4.62.